The van der Waals surface area contributed by atoms with Crippen LogP contribution in [0.3, 0.4) is 0 Å². The molecule has 5 aromatic rings. The maximum atomic E-state index is 13.5. The molecule has 0 atom stereocenters. The number of nitrogens with one attached hydrogen (secondary N) is 1. The molecule has 0 fully saturated rings. The van der Waals surface area contributed by atoms with Crippen molar-refractivity contribution in [1.29, 1.82) is 0 Å². The Kier molecular flexibility index (Phi) is 9.10. The molecule has 0 unspecified atom stereocenters. The summed E-state index contributed by atoms with van der Waals surface area (Å²) in [5.74, 6) is 0.258. The zero-order chi connectivity index (χ0) is 30.5. The number of aromatic nitrogens is 1. The number of para-hydroxylation sites is 1. The normalized spacial score (nSPS) is 11.1. The molecule has 1 N–H and O–H groups in total. The zero-order valence-electron chi connectivity index (χ0n) is 23.9. The number of ether oxygens (including phenoxy) is 1. The van der Waals surface area contributed by atoms with Gasteiger partial charge in [0.25, 0.3) is 11.8 Å². The number of amides is 2. The van der Waals surface area contributed by atoms with E-state index >= 15 is 0 Å². The van der Waals surface area contributed by atoms with Gasteiger partial charge in [-0.1, -0.05) is 77.8 Å². The molecular weight excluding hydrogens is 581 g/mol. The third-order valence-electron chi connectivity index (χ3n) is 7.03. The van der Waals surface area contributed by atoms with Gasteiger partial charge in [-0.3, -0.25) is 9.59 Å². The summed E-state index contributed by atoms with van der Waals surface area (Å²) >= 11 is 13.4. The lowest BCUT2D eigenvalue weighted by Crippen LogP contribution is -2.26. The molecule has 216 valence electrons. The number of rotatable bonds is 8. The number of nitrogens with zero attached hydrogens (tertiary/aromatic N) is 2. The molecule has 0 aliphatic rings. The van der Waals surface area contributed by atoms with E-state index in [1.807, 2.05) is 79.7 Å². The summed E-state index contributed by atoms with van der Waals surface area (Å²) in [6.45, 7) is 2.03. The smallest absolute Gasteiger partial charge is 0.258 e. The van der Waals surface area contributed by atoms with Gasteiger partial charge in [-0.15, -0.1) is 0 Å². The van der Waals surface area contributed by atoms with E-state index in [-0.39, 0.29) is 18.4 Å². The number of carbonyl (C=O) groups excluding carboxylic acids is 2. The zero-order valence-corrected chi connectivity index (χ0v) is 25.4. The SMILES string of the molecule is CNC(=O)c1ccc(/C=C/c2cccc(C(=O)N(C)c3ccc(Cl)c(COc4cccc5ccc(C)nc45)c3Cl)c2)cc1. The molecule has 5 rings (SSSR count). The van der Waals surface area contributed by atoms with E-state index in [4.69, 9.17) is 27.9 Å². The van der Waals surface area contributed by atoms with Crippen molar-refractivity contribution in [1.82, 2.24) is 10.3 Å². The molecule has 2 amide bonds. The average Bonchev–Trinajstić information content (AvgIpc) is 3.03. The number of halogens is 2. The topological polar surface area (TPSA) is 71.5 Å². The Morgan fingerprint density at radius 2 is 1.63 bits per heavy atom. The lowest BCUT2D eigenvalue weighted by atomic mass is 10.1. The van der Waals surface area contributed by atoms with Gasteiger partial charge >= 0.3 is 0 Å². The second kappa shape index (κ2) is 13.1. The summed E-state index contributed by atoms with van der Waals surface area (Å²) in [6, 6.07) is 27.7. The Balaban J connectivity index is 1.33. The Morgan fingerprint density at radius 1 is 0.884 bits per heavy atom. The first-order valence-electron chi connectivity index (χ1n) is 13.6. The maximum absolute atomic E-state index is 13.5. The van der Waals surface area contributed by atoms with Gasteiger partial charge in [0, 0.05) is 46.9 Å². The monoisotopic (exact) mass is 609 g/mol. The predicted octanol–water partition coefficient (Wildman–Crippen LogP) is 8.24. The highest BCUT2D eigenvalue weighted by Crippen LogP contribution is 2.36. The third kappa shape index (κ3) is 6.72. The number of fused-ring (bicyclic) bond motifs is 1. The Morgan fingerprint density at radius 3 is 2.40 bits per heavy atom. The van der Waals surface area contributed by atoms with Crippen molar-refractivity contribution in [2.75, 3.05) is 19.0 Å². The van der Waals surface area contributed by atoms with E-state index in [0.29, 0.717) is 38.2 Å². The molecule has 43 heavy (non-hydrogen) atoms. The number of aryl methyl sites for hydroxylation is 1. The first-order valence-corrected chi connectivity index (χ1v) is 14.3. The molecule has 6 nitrogen and oxygen atoms in total. The largest absolute Gasteiger partial charge is 0.487 e. The van der Waals surface area contributed by atoms with Gasteiger partial charge in [0.15, 0.2) is 0 Å². The molecule has 0 saturated carbocycles. The van der Waals surface area contributed by atoms with Crippen LogP contribution in [0.25, 0.3) is 23.1 Å². The molecule has 0 spiro atoms. The van der Waals surface area contributed by atoms with Crippen LogP contribution >= 0.6 is 23.2 Å². The first kappa shape index (κ1) is 29.8. The van der Waals surface area contributed by atoms with E-state index in [9.17, 15) is 9.59 Å². The predicted molar refractivity (Wildman–Crippen MR) is 175 cm³/mol. The Hall–Kier alpha value is -4.65. The van der Waals surface area contributed by atoms with Gasteiger partial charge in [-0.25, -0.2) is 4.98 Å². The average molecular weight is 611 g/mol. The van der Waals surface area contributed by atoms with Gasteiger partial charge in [0.05, 0.1) is 10.7 Å². The van der Waals surface area contributed by atoms with Crippen molar-refractivity contribution < 1.29 is 14.3 Å². The molecule has 1 heterocycles. The van der Waals surface area contributed by atoms with Crippen LogP contribution in [-0.4, -0.2) is 30.9 Å². The number of carbonyl (C=O) groups is 2. The molecular formula is C35H29Cl2N3O3. The number of pyridine rings is 1. The summed E-state index contributed by atoms with van der Waals surface area (Å²) in [4.78, 5) is 31.4. The minimum absolute atomic E-state index is 0.104. The van der Waals surface area contributed by atoms with Gasteiger partial charge in [-0.2, -0.15) is 0 Å². The highest BCUT2D eigenvalue weighted by molar-refractivity contribution is 6.38. The van der Waals surface area contributed by atoms with E-state index in [0.717, 1.165) is 27.7 Å². The summed E-state index contributed by atoms with van der Waals surface area (Å²) in [6.07, 6.45) is 3.84. The lowest BCUT2D eigenvalue weighted by Gasteiger charge is -2.21. The van der Waals surface area contributed by atoms with E-state index in [1.54, 1.807) is 44.4 Å². The second-order valence-corrected chi connectivity index (χ2v) is 10.7. The van der Waals surface area contributed by atoms with Crippen LogP contribution in [0, 0.1) is 6.92 Å². The van der Waals surface area contributed by atoms with Crippen molar-refractivity contribution in [2.45, 2.75) is 13.5 Å². The molecule has 4 aromatic carbocycles. The minimum atomic E-state index is -0.227. The Labute approximate surface area is 260 Å². The van der Waals surface area contributed by atoms with Crippen LogP contribution in [0.5, 0.6) is 5.75 Å². The number of anilines is 1. The highest BCUT2D eigenvalue weighted by Gasteiger charge is 2.20. The van der Waals surface area contributed by atoms with Crippen LogP contribution in [0.4, 0.5) is 5.69 Å². The molecule has 8 heteroatoms. The van der Waals surface area contributed by atoms with Crippen molar-refractivity contribution in [3.05, 3.63) is 135 Å². The van der Waals surface area contributed by atoms with Crippen LogP contribution in [0.1, 0.15) is 43.1 Å². The van der Waals surface area contributed by atoms with Crippen molar-refractivity contribution >= 4 is 63.8 Å². The van der Waals surface area contributed by atoms with Crippen LogP contribution in [0.2, 0.25) is 10.0 Å². The second-order valence-electron chi connectivity index (χ2n) is 9.95. The molecule has 0 bridgehead atoms. The Bertz CT molecular complexity index is 1850. The van der Waals surface area contributed by atoms with Gasteiger partial charge in [-0.05, 0) is 66.6 Å². The number of hydrogen-bond acceptors (Lipinski definition) is 4. The van der Waals surface area contributed by atoms with Gasteiger partial charge in [0.2, 0.25) is 0 Å². The van der Waals surface area contributed by atoms with Gasteiger partial charge < -0.3 is 15.0 Å². The molecule has 1 aromatic heterocycles. The maximum Gasteiger partial charge on any atom is 0.258 e. The molecule has 0 radical (unpaired) electrons. The van der Waals surface area contributed by atoms with E-state index in [2.05, 4.69) is 10.3 Å². The van der Waals surface area contributed by atoms with E-state index in [1.165, 1.54) is 4.90 Å². The van der Waals surface area contributed by atoms with Gasteiger partial charge in [0.1, 0.15) is 17.9 Å². The fourth-order valence-corrected chi connectivity index (χ4v) is 5.23. The van der Waals surface area contributed by atoms with Crippen molar-refractivity contribution in [2.24, 2.45) is 0 Å². The fourth-order valence-electron chi connectivity index (χ4n) is 4.62. The number of benzene rings is 4. The lowest BCUT2D eigenvalue weighted by molar-refractivity contribution is 0.0961. The fraction of sp³-hybridized carbons (Fsp3) is 0.114. The highest BCUT2D eigenvalue weighted by atomic mass is 35.5. The summed E-state index contributed by atoms with van der Waals surface area (Å²) < 4.78 is 6.14. The summed E-state index contributed by atoms with van der Waals surface area (Å²) in [5.41, 5.74) is 5.60. The summed E-state index contributed by atoms with van der Waals surface area (Å²) in [7, 11) is 3.28. The van der Waals surface area contributed by atoms with Crippen molar-refractivity contribution in [3.8, 4) is 5.75 Å². The minimum Gasteiger partial charge on any atom is -0.487 e. The third-order valence-corrected chi connectivity index (χ3v) is 7.80. The van der Waals surface area contributed by atoms with Crippen molar-refractivity contribution in [3.63, 3.8) is 0 Å². The first-order chi connectivity index (χ1) is 20.7. The quantitative estimate of drug-likeness (QED) is 0.180. The standard InChI is InChI=1S/C35H29Cl2N3O3/c1-22-10-15-25-7-5-9-31(33(25)39-22)43-21-28-29(36)18-19-30(32(28)37)40(3)35(42)27-8-4-6-24(20-27)12-11-23-13-16-26(17-14-23)34(41)38-2/h4-20H,21H2,1-3H3,(H,38,41)/b12-11+. The molecule has 0 saturated heterocycles. The van der Waals surface area contributed by atoms with Crippen LogP contribution < -0.4 is 15.0 Å². The molecule has 0 aliphatic carbocycles. The number of hydrogen-bond donors (Lipinski definition) is 1. The molecule has 0 aliphatic heterocycles. The van der Waals surface area contributed by atoms with E-state index < -0.39 is 0 Å². The van der Waals surface area contributed by atoms with Crippen LogP contribution in [0.15, 0.2) is 91.0 Å². The van der Waals surface area contributed by atoms with Crippen LogP contribution in [-0.2, 0) is 6.61 Å². The summed E-state index contributed by atoms with van der Waals surface area (Å²) in [5, 5.41) is 4.35.